The molecule has 2 heterocycles. The molecule has 2 aromatic carbocycles. The van der Waals surface area contributed by atoms with E-state index in [1.807, 2.05) is 24.4 Å². The van der Waals surface area contributed by atoms with Gasteiger partial charge in [-0.1, -0.05) is 25.1 Å². The summed E-state index contributed by atoms with van der Waals surface area (Å²) in [4.78, 5) is 18.5. The Morgan fingerprint density at radius 2 is 2.09 bits per heavy atom. The highest BCUT2D eigenvalue weighted by Crippen LogP contribution is 2.44. The molecule has 0 saturated heterocycles. The van der Waals surface area contributed by atoms with Crippen LogP contribution in [0.15, 0.2) is 48.2 Å². The number of hydrogen-bond acceptors (Lipinski definition) is 3. The number of H-pyrrole nitrogens is 1. The maximum atomic E-state index is 12.8. The fourth-order valence-corrected chi connectivity index (χ4v) is 5.45. The second-order valence-electron chi connectivity index (χ2n) is 9.96. The number of para-hydroxylation sites is 1. The predicted octanol–water partition coefficient (Wildman–Crippen LogP) is 5.85. The minimum absolute atomic E-state index is 0.105. The van der Waals surface area contributed by atoms with Crippen LogP contribution >= 0.6 is 0 Å². The fourth-order valence-electron chi connectivity index (χ4n) is 5.45. The molecular weight excluding hydrogens is 420 g/mol. The van der Waals surface area contributed by atoms with Crippen molar-refractivity contribution in [1.29, 1.82) is 5.26 Å². The van der Waals surface area contributed by atoms with Gasteiger partial charge in [-0.3, -0.25) is 4.79 Å². The summed E-state index contributed by atoms with van der Waals surface area (Å²) in [7, 11) is 0. The van der Waals surface area contributed by atoms with Gasteiger partial charge in [0, 0.05) is 41.4 Å². The number of aryl methyl sites for hydroxylation is 1. The molecule has 0 spiro atoms. The zero-order valence-electron chi connectivity index (χ0n) is 20.8. The first-order valence-corrected chi connectivity index (χ1v) is 12.1. The summed E-state index contributed by atoms with van der Waals surface area (Å²) in [5, 5.41) is 13.8. The van der Waals surface area contributed by atoms with Crippen molar-refractivity contribution in [3.8, 4) is 6.07 Å². The Balaban J connectivity index is 1.52. The monoisotopic (exact) mass is 454 g/mol. The molecule has 0 fully saturated rings. The highest BCUT2D eigenvalue weighted by molar-refractivity contribution is 6.02. The molecule has 0 saturated carbocycles. The number of nitrogens with zero attached hydrogens (tertiary/aromatic N) is 2. The van der Waals surface area contributed by atoms with Crippen molar-refractivity contribution in [2.75, 3.05) is 18.0 Å². The van der Waals surface area contributed by atoms with Crippen LogP contribution in [0, 0.1) is 18.3 Å². The average Bonchev–Trinajstić information content (AvgIpc) is 3.20. The number of hydrogen-bond donors (Lipinski definition) is 2. The topological polar surface area (TPSA) is 71.9 Å². The maximum absolute atomic E-state index is 12.8. The molecule has 1 amide bonds. The second-order valence-corrected chi connectivity index (χ2v) is 9.96. The number of aromatic amines is 1. The molecular formula is C29H34N4O. The number of amides is 1. The largest absolute Gasteiger partial charge is 0.366 e. The lowest BCUT2D eigenvalue weighted by molar-refractivity contribution is -0.117. The van der Waals surface area contributed by atoms with Crippen molar-refractivity contribution in [1.82, 2.24) is 10.3 Å². The molecule has 3 aromatic rings. The van der Waals surface area contributed by atoms with Gasteiger partial charge in [0.2, 0.25) is 0 Å². The zero-order chi connectivity index (χ0) is 24.5. The molecule has 176 valence electrons. The molecule has 0 radical (unpaired) electrons. The summed E-state index contributed by atoms with van der Waals surface area (Å²) in [6.07, 6.45) is 5.49. The molecule has 0 aliphatic carbocycles. The van der Waals surface area contributed by atoms with Gasteiger partial charge in [-0.05, 0) is 93.0 Å². The van der Waals surface area contributed by atoms with E-state index in [0.29, 0.717) is 18.9 Å². The first-order chi connectivity index (χ1) is 16.2. The third-order valence-electron chi connectivity index (χ3n) is 7.11. The van der Waals surface area contributed by atoms with Crippen LogP contribution in [-0.2, 0) is 11.2 Å². The Morgan fingerprint density at radius 1 is 1.32 bits per heavy atom. The van der Waals surface area contributed by atoms with Crippen molar-refractivity contribution in [2.45, 2.75) is 58.9 Å². The van der Waals surface area contributed by atoms with E-state index in [2.05, 4.69) is 74.1 Å². The lowest BCUT2D eigenvalue weighted by Crippen LogP contribution is -2.48. The first-order valence-electron chi connectivity index (χ1n) is 12.1. The van der Waals surface area contributed by atoms with E-state index in [9.17, 15) is 10.1 Å². The summed E-state index contributed by atoms with van der Waals surface area (Å²) in [5.41, 5.74) is 7.04. The van der Waals surface area contributed by atoms with Gasteiger partial charge in [-0.15, -0.1) is 0 Å². The van der Waals surface area contributed by atoms with Gasteiger partial charge in [-0.2, -0.15) is 5.26 Å². The van der Waals surface area contributed by atoms with Crippen LogP contribution in [0.25, 0.3) is 17.0 Å². The molecule has 34 heavy (non-hydrogen) atoms. The third kappa shape index (κ3) is 4.46. The number of rotatable bonds is 6. The van der Waals surface area contributed by atoms with E-state index >= 15 is 0 Å². The van der Waals surface area contributed by atoms with Crippen LogP contribution in [0.3, 0.4) is 0 Å². The Morgan fingerprint density at radius 3 is 2.82 bits per heavy atom. The first kappa shape index (κ1) is 23.6. The summed E-state index contributed by atoms with van der Waals surface area (Å²) < 4.78 is 0. The predicted molar refractivity (Wildman–Crippen MR) is 140 cm³/mol. The van der Waals surface area contributed by atoms with Crippen LogP contribution in [-0.4, -0.2) is 29.5 Å². The van der Waals surface area contributed by atoms with Gasteiger partial charge in [0.1, 0.15) is 11.6 Å². The average molecular weight is 455 g/mol. The lowest BCUT2D eigenvalue weighted by atomic mass is 9.79. The standard InChI is InChI=1S/C29H34N4O/c1-6-33-27-13-19(2)22(15-25(27)20(3)16-29(33,4)5)14-23(17-30)28(34)31-12-11-21-18-32-26-10-8-7-9-24(21)26/h7-10,13-15,18,20,32H,6,11-12,16H2,1-5H3,(H,31,34)/b23-14-. The van der Waals surface area contributed by atoms with E-state index < -0.39 is 0 Å². The van der Waals surface area contributed by atoms with Crippen molar-refractivity contribution in [3.05, 3.63) is 70.4 Å². The number of anilines is 1. The van der Waals surface area contributed by atoms with E-state index in [1.165, 1.54) is 11.3 Å². The van der Waals surface area contributed by atoms with Gasteiger partial charge in [-0.25, -0.2) is 0 Å². The summed E-state index contributed by atoms with van der Waals surface area (Å²) in [6.45, 7) is 12.5. The molecule has 5 nitrogen and oxygen atoms in total. The number of fused-ring (bicyclic) bond motifs is 2. The van der Waals surface area contributed by atoms with E-state index in [-0.39, 0.29) is 17.0 Å². The Labute approximate surface area is 202 Å². The number of benzene rings is 2. The zero-order valence-corrected chi connectivity index (χ0v) is 20.8. The van der Waals surface area contributed by atoms with Crippen molar-refractivity contribution < 1.29 is 4.79 Å². The van der Waals surface area contributed by atoms with Gasteiger partial charge >= 0.3 is 0 Å². The SMILES string of the molecule is CCN1c2cc(C)c(/C=C(/C#N)C(=O)NCCc3c[nH]c4ccccc34)cc2C(C)CC1(C)C. The molecule has 1 unspecified atom stereocenters. The van der Waals surface area contributed by atoms with Crippen LogP contribution < -0.4 is 10.2 Å². The molecule has 2 N–H and O–H groups in total. The smallest absolute Gasteiger partial charge is 0.261 e. The molecule has 1 aromatic heterocycles. The van der Waals surface area contributed by atoms with Crippen LogP contribution in [0.2, 0.25) is 0 Å². The van der Waals surface area contributed by atoms with E-state index in [4.69, 9.17) is 0 Å². The molecule has 1 aliphatic heterocycles. The highest BCUT2D eigenvalue weighted by atomic mass is 16.1. The number of carbonyl (C=O) groups excluding carboxylic acids is 1. The van der Waals surface area contributed by atoms with Crippen LogP contribution in [0.1, 0.15) is 62.3 Å². The summed E-state index contributed by atoms with van der Waals surface area (Å²) in [6, 6.07) is 14.6. The molecule has 1 aliphatic rings. The van der Waals surface area contributed by atoms with Gasteiger partial charge in [0.15, 0.2) is 0 Å². The second kappa shape index (κ2) is 9.38. The normalized spacial score (nSPS) is 17.4. The Bertz CT molecular complexity index is 1290. The number of nitrogens with one attached hydrogen (secondary N) is 2. The minimum Gasteiger partial charge on any atom is -0.366 e. The molecule has 5 heteroatoms. The Kier molecular flexibility index (Phi) is 6.52. The van der Waals surface area contributed by atoms with Gasteiger partial charge < -0.3 is 15.2 Å². The van der Waals surface area contributed by atoms with Crippen molar-refractivity contribution in [2.24, 2.45) is 0 Å². The van der Waals surface area contributed by atoms with Gasteiger partial charge in [0.05, 0.1) is 0 Å². The van der Waals surface area contributed by atoms with Crippen LogP contribution in [0.5, 0.6) is 0 Å². The van der Waals surface area contributed by atoms with E-state index in [0.717, 1.165) is 40.6 Å². The van der Waals surface area contributed by atoms with E-state index in [1.54, 1.807) is 6.08 Å². The molecule has 4 rings (SSSR count). The third-order valence-corrected chi connectivity index (χ3v) is 7.11. The van der Waals surface area contributed by atoms with Gasteiger partial charge in [0.25, 0.3) is 5.91 Å². The van der Waals surface area contributed by atoms with Crippen LogP contribution in [0.4, 0.5) is 5.69 Å². The fraction of sp³-hybridized carbons (Fsp3) is 0.379. The number of carbonyl (C=O) groups is 1. The number of aromatic nitrogens is 1. The summed E-state index contributed by atoms with van der Waals surface area (Å²) in [5.74, 6) is 0.0833. The van der Waals surface area contributed by atoms with Crippen molar-refractivity contribution in [3.63, 3.8) is 0 Å². The minimum atomic E-state index is -0.330. The lowest BCUT2D eigenvalue weighted by Gasteiger charge is -2.47. The maximum Gasteiger partial charge on any atom is 0.261 e. The highest BCUT2D eigenvalue weighted by Gasteiger charge is 2.35. The molecule has 0 bridgehead atoms. The number of nitriles is 1. The quantitative estimate of drug-likeness (QED) is 0.362. The Hall–Kier alpha value is -3.52. The van der Waals surface area contributed by atoms with Crippen molar-refractivity contribution >= 4 is 28.6 Å². The molecule has 1 atom stereocenters. The summed E-state index contributed by atoms with van der Waals surface area (Å²) >= 11 is 0.